The maximum atomic E-state index is 12.9. The number of hydrogen-bond donors (Lipinski definition) is 0. The molecular formula is C73H126O6. The van der Waals surface area contributed by atoms with Gasteiger partial charge in [0.2, 0.25) is 0 Å². The van der Waals surface area contributed by atoms with Crippen LogP contribution in [0.15, 0.2) is 97.2 Å². The number of unbranched alkanes of at least 4 members (excludes halogenated alkanes) is 34. The molecule has 0 aliphatic carbocycles. The highest BCUT2D eigenvalue weighted by Gasteiger charge is 2.19. The quantitative estimate of drug-likeness (QED) is 0.0261. The molecule has 0 saturated carbocycles. The Hall–Kier alpha value is -3.67. The summed E-state index contributed by atoms with van der Waals surface area (Å²) in [7, 11) is 0. The predicted octanol–water partition coefficient (Wildman–Crippen LogP) is 23.2. The first-order valence-corrected chi connectivity index (χ1v) is 33.7. The van der Waals surface area contributed by atoms with Crippen molar-refractivity contribution >= 4 is 17.9 Å². The highest BCUT2D eigenvalue weighted by molar-refractivity contribution is 5.71. The first-order chi connectivity index (χ1) is 39.0. The van der Waals surface area contributed by atoms with Gasteiger partial charge in [0.1, 0.15) is 13.2 Å². The molecule has 1 unspecified atom stereocenters. The minimum absolute atomic E-state index is 0.0760. The van der Waals surface area contributed by atoms with Crippen molar-refractivity contribution in [1.82, 2.24) is 0 Å². The van der Waals surface area contributed by atoms with E-state index in [1.165, 1.54) is 180 Å². The second-order valence-electron chi connectivity index (χ2n) is 22.3. The summed E-state index contributed by atoms with van der Waals surface area (Å²) >= 11 is 0. The molecule has 1 atom stereocenters. The van der Waals surface area contributed by atoms with E-state index in [0.717, 1.165) is 109 Å². The molecule has 0 saturated heterocycles. The van der Waals surface area contributed by atoms with Gasteiger partial charge in [-0.15, -0.1) is 0 Å². The summed E-state index contributed by atoms with van der Waals surface area (Å²) in [6, 6.07) is 0. The van der Waals surface area contributed by atoms with Gasteiger partial charge in [-0.1, -0.05) is 311 Å². The van der Waals surface area contributed by atoms with E-state index in [1.54, 1.807) is 0 Å². The molecule has 454 valence electrons. The summed E-state index contributed by atoms with van der Waals surface area (Å²) in [6.07, 6.45) is 89.9. The number of esters is 3. The van der Waals surface area contributed by atoms with Gasteiger partial charge < -0.3 is 14.2 Å². The van der Waals surface area contributed by atoms with Crippen LogP contribution >= 0.6 is 0 Å². The van der Waals surface area contributed by atoms with E-state index in [-0.39, 0.29) is 31.1 Å². The van der Waals surface area contributed by atoms with Crippen LogP contribution in [0.25, 0.3) is 0 Å². The normalized spacial score (nSPS) is 12.7. The molecule has 0 aliphatic rings. The molecule has 0 fully saturated rings. The van der Waals surface area contributed by atoms with Gasteiger partial charge in [-0.05, 0) is 96.3 Å². The molecule has 6 nitrogen and oxygen atoms in total. The first kappa shape index (κ1) is 75.3. The second-order valence-corrected chi connectivity index (χ2v) is 22.3. The third-order valence-corrected chi connectivity index (χ3v) is 14.6. The first-order valence-electron chi connectivity index (χ1n) is 33.7. The third kappa shape index (κ3) is 65.0. The molecular weight excluding hydrogens is 973 g/mol. The molecule has 0 aliphatic heterocycles. The van der Waals surface area contributed by atoms with Gasteiger partial charge in [-0.2, -0.15) is 0 Å². The summed E-state index contributed by atoms with van der Waals surface area (Å²) in [5.74, 6) is -0.867. The topological polar surface area (TPSA) is 78.9 Å². The van der Waals surface area contributed by atoms with E-state index in [1.807, 2.05) is 0 Å². The molecule has 0 aromatic carbocycles. The standard InChI is InChI=1S/C73H126O6/c1-4-7-10-13-16-19-22-25-27-29-31-33-35-36-38-39-41-43-45-48-51-54-57-60-63-66-72(75)78-69-70(68-77-71(74)65-62-59-56-53-50-47-24-21-18-15-12-9-6-3)79-73(76)67-64-61-58-55-52-49-46-44-42-40-37-34-32-30-28-26-23-20-17-14-11-8-5-2/h7-8,10-11,16-17,19-20,25-28,31-34,70H,4-6,9,12-15,18,21-24,29-30,35-69H2,1-3H3/b10-7-,11-8-,19-16-,20-17-,27-25-,28-26-,33-31-,34-32-. The van der Waals surface area contributed by atoms with Gasteiger partial charge in [0.25, 0.3) is 0 Å². The maximum Gasteiger partial charge on any atom is 0.306 e. The Morgan fingerprint density at radius 3 is 0.772 bits per heavy atom. The molecule has 0 aromatic rings. The van der Waals surface area contributed by atoms with Gasteiger partial charge >= 0.3 is 17.9 Å². The van der Waals surface area contributed by atoms with Crippen molar-refractivity contribution in [3.8, 4) is 0 Å². The number of carbonyl (C=O) groups excluding carboxylic acids is 3. The summed E-state index contributed by atoms with van der Waals surface area (Å²) in [5, 5.41) is 0. The number of carbonyl (C=O) groups is 3. The highest BCUT2D eigenvalue weighted by Crippen LogP contribution is 2.17. The molecule has 0 spiro atoms. The lowest BCUT2D eigenvalue weighted by atomic mass is 10.0. The van der Waals surface area contributed by atoms with Crippen LogP contribution in [0, 0.1) is 0 Å². The molecule has 6 heteroatoms. The average molecular weight is 1100 g/mol. The van der Waals surface area contributed by atoms with E-state index in [0.29, 0.717) is 19.3 Å². The lowest BCUT2D eigenvalue weighted by Gasteiger charge is -2.18. The van der Waals surface area contributed by atoms with Crippen molar-refractivity contribution in [3.63, 3.8) is 0 Å². The summed E-state index contributed by atoms with van der Waals surface area (Å²) in [4.78, 5) is 38.4. The van der Waals surface area contributed by atoms with Crippen LogP contribution in [0.4, 0.5) is 0 Å². The van der Waals surface area contributed by atoms with Crippen molar-refractivity contribution in [1.29, 1.82) is 0 Å². The molecule has 0 radical (unpaired) electrons. The van der Waals surface area contributed by atoms with Crippen molar-refractivity contribution in [2.75, 3.05) is 13.2 Å². The van der Waals surface area contributed by atoms with Crippen LogP contribution in [-0.4, -0.2) is 37.2 Å². The van der Waals surface area contributed by atoms with E-state index >= 15 is 0 Å². The van der Waals surface area contributed by atoms with E-state index < -0.39 is 6.10 Å². The fourth-order valence-electron chi connectivity index (χ4n) is 9.60. The Labute approximate surface area is 489 Å². The predicted molar refractivity (Wildman–Crippen MR) is 344 cm³/mol. The fraction of sp³-hybridized carbons (Fsp3) is 0.740. The van der Waals surface area contributed by atoms with Crippen LogP contribution in [0.2, 0.25) is 0 Å². The summed E-state index contributed by atoms with van der Waals surface area (Å²) in [5.41, 5.74) is 0. The lowest BCUT2D eigenvalue weighted by Crippen LogP contribution is -2.30. The molecule has 79 heavy (non-hydrogen) atoms. The Kier molecular flexibility index (Phi) is 63.7. The molecule has 0 amide bonds. The minimum atomic E-state index is -0.781. The molecule has 0 rings (SSSR count). The van der Waals surface area contributed by atoms with Crippen molar-refractivity contribution < 1.29 is 28.6 Å². The van der Waals surface area contributed by atoms with Crippen LogP contribution in [0.5, 0.6) is 0 Å². The number of rotatable bonds is 61. The van der Waals surface area contributed by atoms with E-state index in [9.17, 15) is 14.4 Å². The van der Waals surface area contributed by atoms with Gasteiger partial charge in [0.15, 0.2) is 6.10 Å². The van der Waals surface area contributed by atoms with E-state index in [2.05, 4.69) is 118 Å². The summed E-state index contributed by atoms with van der Waals surface area (Å²) in [6.45, 7) is 6.45. The highest BCUT2D eigenvalue weighted by atomic mass is 16.6. The minimum Gasteiger partial charge on any atom is -0.462 e. The van der Waals surface area contributed by atoms with Crippen LogP contribution in [-0.2, 0) is 28.6 Å². The van der Waals surface area contributed by atoms with Gasteiger partial charge in [0, 0.05) is 19.3 Å². The Morgan fingerprint density at radius 1 is 0.266 bits per heavy atom. The average Bonchev–Trinajstić information content (AvgIpc) is 3.45. The number of hydrogen-bond acceptors (Lipinski definition) is 6. The maximum absolute atomic E-state index is 12.9. The molecule has 0 heterocycles. The smallest absolute Gasteiger partial charge is 0.306 e. The van der Waals surface area contributed by atoms with Crippen LogP contribution < -0.4 is 0 Å². The number of allylic oxidation sites excluding steroid dienone is 16. The van der Waals surface area contributed by atoms with Crippen LogP contribution in [0.3, 0.4) is 0 Å². The zero-order valence-corrected chi connectivity index (χ0v) is 52.1. The molecule has 0 aromatic heterocycles. The van der Waals surface area contributed by atoms with Crippen LogP contribution in [0.1, 0.15) is 329 Å². The second kappa shape index (κ2) is 66.8. The van der Waals surface area contributed by atoms with Crippen molar-refractivity contribution in [2.24, 2.45) is 0 Å². The van der Waals surface area contributed by atoms with Gasteiger partial charge in [-0.3, -0.25) is 14.4 Å². The zero-order valence-electron chi connectivity index (χ0n) is 52.1. The molecule has 0 bridgehead atoms. The Bertz CT molecular complexity index is 1540. The number of ether oxygens (including phenoxy) is 3. The van der Waals surface area contributed by atoms with E-state index in [4.69, 9.17) is 14.2 Å². The van der Waals surface area contributed by atoms with Crippen molar-refractivity contribution in [3.05, 3.63) is 97.2 Å². The Balaban J connectivity index is 4.30. The van der Waals surface area contributed by atoms with Gasteiger partial charge in [-0.25, -0.2) is 0 Å². The Morgan fingerprint density at radius 2 is 0.494 bits per heavy atom. The zero-order chi connectivity index (χ0) is 57.1. The van der Waals surface area contributed by atoms with Crippen molar-refractivity contribution in [2.45, 2.75) is 335 Å². The summed E-state index contributed by atoms with van der Waals surface area (Å²) < 4.78 is 17.0. The lowest BCUT2D eigenvalue weighted by molar-refractivity contribution is -0.167. The van der Waals surface area contributed by atoms with Gasteiger partial charge in [0.05, 0.1) is 0 Å². The monoisotopic (exact) mass is 1100 g/mol. The SMILES string of the molecule is CC/C=C\C/C=C\C/C=C\C/C=C\CCCCCCCCCCCCCCC(=O)OCC(COC(=O)CCCCCCCCCCCCCCC)OC(=O)CCCCCCCCCCCC/C=C\C/C=C\C/C=C\C/C=C\CC. The fourth-order valence-corrected chi connectivity index (χ4v) is 9.60. The largest absolute Gasteiger partial charge is 0.462 e. The third-order valence-electron chi connectivity index (χ3n) is 14.6. The molecule has 0 N–H and O–H groups in total.